The molecule has 7 unspecified atom stereocenters. The van der Waals surface area contributed by atoms with Crippen molar-refractivity contribution < 1.29 is 100 Å². The van der Waals surface area contributed by atoms with Gasteiger partial charge in [0, 0.05) is 110 Å². The molecule has 6 heterocycles. The van der Waals surface area contributed by atoms with E-state index in [1.54, 1.807) is 118 Å². The lowest BCUT2D eigenvalue weighted by molar-refractivity contribution is -0.118. The van der Waals surface area contributed by atoms with Gasteiger partial charge in [-0.3, -0.25) is 14.4 Å². The standard InChI is InChI=1S/2C20H31NO3S.C17H27NO4S.C16H25NO4S.C15H21NO4S.C14H17NO4S/c2*1-20(2,3)17-6-8-18(9-7-17)25(23,24)21-12-10-16(14-15-4-5-15)19(22)11-13-21;1-16(2,19)14-6-8-15(9-7-14)23(20,21)18-12-5-10-17(3,22-4)11-13-18;1-15(2,18)13-5-7-14(8-6-13)22(20,21)17-11-4-9-16(3,19)10-12-17;1-12(17)13-4-6-14(7-5-13)21(19,20)16-10-3-8-15(2,18)9-11-16;1-11(16)12-4-6-14(7-5-12)20(18,19)15-9-2-3-13(17)8-10-15/h2*6-9,15-16,19,22H,4-5,10-14H2,1-3H3;6-9,19H,5,10-13H2,1-4H3;5-8,18-19H,4,9-12H2,1-3H3;4-7,18H,3,8-11H2,1-2H3;4-7H,2-3,8-10H2,1H3. The highest BCUT2D eigenvalue weighted by molar-refractivity contribution is 7.90. The van der Waals surface area contributed by atoms with E-state index in [2.05, 4.69) is 41.5 Å². The van der Waals surface area contributed by atoms with Crippen LogP contribution in [-0.2, 0) is 91.7 Å². The van der Waals surface area contributed by atoms with Gasteiger partial charge in [-0.1, -0.05) is 140 Å². The Bertz CT molecular complexity index is 5550. The minimum Gasteiger partial charge on any atom is -0.393 e. The lowest BCUT2D eigenvalue weighted by Gasteiger charge is -2.26. The zero-order valence-corrected chi connectivity index (χ0v) is 87.6. The third kappa shape index (κ3) is 32.0. The highest BCUT2D eigenvalue weighted by Gasteiger charge is 2.41. The van der Waals surface area contributed by atoms with Crippen molar-refractivity contribution in [2.24, 2.45) is 23.7 Å². The van der Waals surface area contributed by atoms with Crippen molar-refractivity contribution in [1.29, 1.82) is 0 Å². The second-order valence-corrected chi connectivity index (χ2v) is 53.7. The molecular formula is C102H152N6O22S6. The molecule has 0 bridgehead atoms. The molecule has 758 valence electrons. The van der Waals surface area contributed by atoms with Gasteiger partial charge >= 0.3 is 0 Å². The summed E-state index contributed by atoms with van der Waals surface area (Å²) >= 11 is 0. The molecule has 2 aliphatic carbocycles. The van der Waals surface area contributed by atoms with Crippen LogP contribution in [0.2, 0.25) is 0 Å². The molecule has 8 fully saturated rings. The van der Waals surface area contributed by atoms with Crippen LogP contribution in [0, 0.1) is 23.7 Å². The quantitative estimate of drug-likeness (QED) is 0.0364. The van der Waals surface area contributed by atoms with Gasteiger partial charge in [0.25, 0.3) is 0 Å². The van der Waals surface area contributed by atoms with Crippen LogP contribution in [-0.4, -0.2) is 239 Å². The normalized spacial score (nSPS) is 24.3. The van der Waals surface area contributed by atoms with Crippen LogP contribution in [0.3, 0.4) is 0 Å². The Hall–Kier alpha value is -6.49. The maximum atomic E-state index is 13.0. The molecule has 34 heteroatoms. The van der Waals surface area contributed by atoms with Crippen molar-refractivity contribution in [3.05, 3.63) is 179 Å². The predicted octanol–water partition coefficient (Wildman–Crippen LogP) is 14.9. The Kier molecular flexibility index (Phi) is 38.8. The van der Waals surface area contributed by atoms with Crippen LogP contribution in [0.15, 0.2) is 175 Å². The molecule has 6 aromatic carbocycles. The number of aliphatic hydroxyl groups is 6. The van der Waals surface area contributed by atoms with Crippen LogP contribution in [0.25, 0.3) is 0 Å². The Morgan fingerprint density at radius 1 is 0.338 bits per heavy atom. The molecule has 0 amide bonds. The number of carbonyl (C=O) groups excluding carboxylic acids is 3. The molecule has 0 aromatic heterocycles. The SMILES string of the molecule is CC(=O)c1ccc(S(=O)(=O)N2CCCC(=O)CC2)cc1.CC(=O)c1ccc(S(=O)(=O)N2CCCC(C)(O)CC2)cc1.CC(C)(C)c1ccc(S(=O)(=O)N2CCC(O)C(CC3CC3)CC2)cc1.CC(C)(C)c1ccc(S(=O)(=O)N2CCC(O)C(CC3CC3)CC2)cc1.CC1(O)CCCN(S(=O)(=O)c2ccc(C(C)(C)O)cc2)CC1.COC1(C)CCCN(S(=O)(=O)c2ccc(C(C)(C)O)cc2)CC1. The summed E-state index contributed by atoms with van der Waals surface area (Å²) < 4.78 is 168. The highest BCUT2D eigenvalue weighted by atomic mass is 32.2. The van der Waals surface area contributed by atoms with Gasteiger partial charge < -0.3 is 35.4 Å². The van der Waals surface area contributed by atoms with Gasteiger partial charge in [-0.15, -0.1) is 0 Å². The summed E-state index contributed by atoms with van der Waals surface area (Å²) in [4.78, 5) is 35.3. The Morgan fingerprint density at radius 2 is 0.596 bits per heavy atom. The van der Waals surface area contributed by atoms with Crippen molar-refractivity contribution in [1.82, 2.24) is 25.8 Å². The monoisotopic (exact) mass is 2000 g/mol. The third-order valence-electron chi connectivity index (χ3n) is 27.6. The smallest absolute Gasteiger partial charge is 0.243 e. The number of sulfonamides is 6. The molecule has 6 aliphatic heterocycles. The number of Topliss-reactive ketones (excluding diaryl/α,β-unsaturated/α-hetero) is 3. The number of hydrogen-bond acceptors (Lipinski definition) is 22. The number of rotatable bonds is 21. The molecule has 6 N–H and O–H groups in total. The summed E-state index contributed by atoms with van der Waals surface area (Å²) in [5.41, 5.74) is 0.772. The Morgan fingerprint density at radius 3 is 0.875 bits per heavy atom. The van der Waals surface area contributed by atoms with E-state index >= 15 is 0 Å². The molecule has 6 aromatic rings. The van der Waals surface area contributed by atoms with E-state index in [-0.39, 0.29) is 90.4 Å². The molecule has 28 nitrogen and oxygen atoms in total. The lowest BCUT2D eigenvalue weighted by Crippen LogP contribution is -2.34. The van der Waals surface area contributed by atoms with E-state index in [4.69, 9.17) is 4.74 Å². The van der Waals surface area contributed by atoms with Gasteiger partial charge in [0.2, 0.25) is 60.1 Å². The van der Waals surface area contributed by atoms with E-state index in [0.29, 0.717) is 175 Å². The van der Waals surface area contributed by atoms with E-state index < -0.39 is 82.5 Å². The second kappa shape index (κ2) is 46.7. The van der Waals surface area contributed by atoms with E-state index in [1.807, 2.05) is 31.2 Å². The van der Waals surface area contributed by atoms with Crippen molar-refractivity contribution in [2.75, 3.05) is 85.6 Å². The van der Waals surface area contributed by atoms with Gasteiger partial charge in [0.05, 0.1) is 69.6 Å². The maximum absolute atomic E-state index is 13.0. The molecule has 2 saturated carbocycles. The first-order valence-electron chi connectivity index (χ1n) is 48.1. The number of methoxy groups -OCH3 is 1. The first-order chi connectivity index (χ1) is 63.1. The summed E-state index contributed by atoms with van der Waals surface area (Å²) in [5, 5.41) is 60.8. The third-order valence-corrected chi connectivity index (χ3v) is 39.0. The van der Waals surface area contributed by atoms with Crippen molar-refractivity contribution in [3.63, 3.8) is 0 Å². The zero-order valence-electron chi connectivity index (χ0n) is 82.7. The van der Waals surface area contributed by atoms with E-state index in [0.717, 1.165) is 61.5 Å². The highest BCUT2D eigenvalue weighted by Crippen LogP contribution is 2.42. The number of benzene rings is 6. The minimum atomic E-state index is -3.58. The van der Waals surface area contributed by atoms with Crippen LogP contribution >= 0.6 is 0 Å². The first kappa shape index (κ1) is 113. The second-order valence-electron chi connectivity index (χ2n) is 42.1. The molecule has 0 spiro atoms. The van der Waals surface area contributed by atoms with Crippen LogP contribution < -0.4 is 0 Å². The predicted molar refractivity (Wildman–Crippen MR) is 528 cm³/mol. The van der Waals surface area contributed by atoms with Crippen molar-refractivity contribution in [3.8, 4) is 0 Å². The number of ether oxygens (including phenoxy) is 1. The number of aliphatic hydroxyl groups excluding tert-OH is 2. The molecular weight excluding hydrogens is 1850 g/mol. The Balaban J connectivity index is 0.000000183. The number of nitrogens with zero attached hydrogens (tertiary/aromatic N) is 6. The summed E-state index contributed by atoms with van der Waals surface area (Å²) in [7, 11) is -19.5. The molecule has 7 atom stereocenters. The summed E-state index contributed by atoms with van der Waals surface area (Å²) in [6.45, 7) is 32.6. The van der Waals surface area contributed by atoms with Gasteiger partial charge in [-0.05, 0) is 295 Å². The van der Waals surface area contributed by atoms with Gasteiger partial charge in [0.1, 0.15) is 5.78 Å². The topological polar surface area (TPSA) is 406 Å². The first-order valence-corrected chi connectivity index (χ1v) is 56.7. The summed E-state index contributed by atoms with van der Waals surface area (Å²) in [6, 6.07) is 39.3. The number of ketones is 3. The molecule has 0 radical (unpaired) electrons. The van der Waals surface area contributed by atoms with Crippen molar-refractivity contribution >= 4 is 77.5 Å². The molecule has 136 heavy (non-hydrogen) atoms. The number of carbonyl (C=O) groups is 3. The van der Waals surface area contributed by atoms with Gasteiger partial charge in [-0.2, -0.15) is 25.8 Å². The summed E-state index contributed by atoms with van der Waals surface area (Å²) in [5.74, 6) is 1.92. The fraction of sp³-hybridized carbons (Fsp3) is 0.618. The average Bonchev–Trinajstić information content (AvgIpc) is 1.60. The molecule has 6 saturated heterocycles. The largest absolute Gasteiger partial charge is 0.393 e. The van der Waals surface area contributed by atoms with E-state index in [9.17, 15) is 95.5 Å². The summed E-state index contributed by atoms with van der Waals surface area (Å²) in [6.07, 6.45) is 16.0. The van der Waals surface area contributed by atoms with E-state index in [1.165, 1.54) is 117 Å². The minimum absolute atomic E-state index is 0.00500. The lowest BCUT2D eigenvalue weighted by atomic mass is 9.87. The van der Waals surface area contributed by atoms with Crippen LogP contribution in [0.1, 0.15) is 288 Å². The van der Waals surface area contributed by atoms with Gasteiger partial charge in [-0.25, -0.2) is 50.5 Å². The fourth-order valence-corrected chi connectivity index (χ4v) is 26.5. The number of hydrogen-bond donors (Lipinski definition) is 6. The van der Waals surface area contributed by atoms with Crippen molar-refractivity contribution in [2.45, 2.75) is 326 Å². The van der Waals surface area contributed by atoms with Gasteiger partial charge in [0.15, 0.2) is 11.6 Å². The van der Waals surface area contributed by atoms with Crippen LogP contribution in [0.4, 0.5) is 0 Å². The molecule has 8 aliphatic rings. The molecule has 14 rings (SSSR count). The fourth-order valence-electron chi connectivity index (χ4n) is 17.6. The average molecular weight is 2010 g/mol. The Labute approximate surface area is 811 Å². The zero-order chi connectivity index (χ0) is 101. The van der Waals surface area contributed by atoms with Crippen LogP contribution in [0.5, 0.6) is 0 Å². The maximum Gasteiger partial charge on any atom is 0.243 e.